The summed E-state index contributed by atoms with van der Waals surface area (Å²) in [5.41, 5.74) is 3.20. The maximum absolute atomic E-state index is 5.98. The van der Waals surface area contributed by atoms with Gasteiger partial charge < -0.3 is 4.57 Å². The number of nitrogens with zero attached hydrogens (tertiary/aromatic N) is 3. The minimum Gasteiger partial charge on any atom is -0.327 e. The molecule has 1 aromatic carbocycles. The van der Waals surface area contributed by atoms with Crippen LogP contribution in [-0.4, -0.2) is 14.5 Å². The second-order valence-electron chi connectivity index (χ2n) is 4.55. The molecule has 0 atom stereocenters. The van der Waals surface area contributed by atoms with E-state index in [1.54, 1.807) is 12.4 Å². The second kappa shape index (κ2) is 5.81. The lowest BCUT2D eigenvalue weighted by atomic mass is 10.1. The molecule has 3 aromatic rings. The van der Waals surface area contributed by atoms with Crippen LogP contribution < -0.4 is 0 Å². The second-order valence-corrected chi connectivity index (χ2v) is 5.26. The topological polar surface area (TPSA) is 30.7 Å². The van der Waals surface area contributed by atoms with Crippen molar-refractivity contribution >= 4 is 34.2 Å². The first-order chi connectivity index (χ1) is 9.78. The van der Waals surface area contributed by atoms with Crippen LogP contribution in [0.4, 0.5) is 0 Å². The van der Waals surface area contributed by atoms with Gasteiger partial charge in [0.05, 0.1) is 17.6 Å². The molecule has 0 saturated heterocycles. The van der Waals surface area contributed by atoms with E-state index in [0.29, 0.717) is 5.88 Å². The molecule has 0 N–H and O–H groups in total. The molecule has 3 rings (SSSR count). The Balaban J connectivity index is 1.88. The fourth-order valence-electron chi connectivity index (χ4n) is 2.28. The van der Waals surface area contributed by atoms with Crippen LogP contribution in [0.5, 0.6) is 0 Å². The molecule has 0 saturated carbocycles. The van der Waals surface area contributed by atoms with Crippen molar-refractivity contribution in [2.24, 2.45) is 0 Å². The van der Waals surface area contributed by atoms with Crippen LogP contribution in [-0.2, 0) is 18.8 Å². The van der Waals surface area contributed by atoms with Crippen LogP contribution in [0, 0.1) is 0 Å². The molecular formula is C15H13Cl2N3. The zero-order valence-corrected chi connectivity index (χ0v) is 12.3. The van der Waals surface area contributed by atoms with Crippen LogP contribution in [0.25, 0.3) is 11.0 Å². The van der Waals surface area contributed by atoms with E-state index in [1.807, 2.05) is 30.3 Å². The summed E-state index contributed by atoms with van der Waals surface area (Å²) in [6.07, 6.45) is 4.46. The summed E-state index contributed by atoms with van der Waals surface area (Å²) in [4.78, 5) is 8.60. The van der Waals surface area contributed by atoms with Crippen molar-refractivity contribution in [2.75, 3.05) is 0 Å². The first-order valence-electron chi connectivity index (χ1n) is 6.37. The van der Waals surface area contributed by atoms with Gasteiger partial charge in [-0.15, -0.1) is 11.6 Å². The Morgan fingerprint density at radius 3 is 2.65 bits per heavy atom. The molecule has 0 radical (unpaired) electrons. The number of halogens is 2. The van der Waals surface area contributed by atoms with E-state index in [2.05, 4.69) is 14.5 Å². The summed E-state index contributed by atoms with van der Waals surface area (Å²) in [6, 6.07) is 9.89. The maximum atomic E-state index is 5.98. The fourth-order valence-corrected chi connectivity index (χ4v) is 2.61. The minimum atomic E-state index is 0.398. The third-order valence-electron chi connectivity index (χ3n) is 3.29. The van der Waals surface area contributed by atoms with Crippen molar-refractivity contribution in [3.63, 3.8) is 0 Å². The maximum Gasteiger partial charge on any atom is 0.124 e. The number of aromatic nitrogens is 3. The number of pyridine rings is 1. The number of fused-ring (bicyclic) bond motifs is 1. The number of hydrogen-bond donors (Lipinski definition) is 0. The van der Waals surface area contributed by atoms with Crippen molar-refractivity contribution in [2.45, 2.75) is 18.8 Å². The highest BCUT2D eigenvalue weighted by Gasteiger charge is 2.09. The van der Waals surface area contributed by atoms with Crippen LogP contribution in [0.1, 0.15) is 11.4 Å². The Morgan fingerprint density at radius 1 is 1.10 bits per heavy atom. The van der Waals surface area contributed by atoms with E-state index in [9.17, 15) is 0 Å². The number of benzene rings is 1. The third-order valence-corrected chi connectivity index (χ3v) is 3.78. The number of aryl methyl sites for hydroxylation is 2. The molecule has 3 nitrogen and oxygen atoms in total. The number of rotatable bonds is 4. The highest BCUT2D eigenvalue weighted by Crippen LogP contribution is 2.18. The van der Waals surface area contributed by atoms with Crippen LogP contribution in [0.15, 0.2) is 42.7 Å². The molecule has 20 heavy (non-hydrogen) atoms. The monoisotopic (exact) mass is 305 g/mol. The van der Waals surface area contributed by atoms with Crippen molar-refractivity contribution < 1.29 is 0 Å². The van der Waals surface area contributed by atoms with Gasteiger partial charge in [0.15, 0.2) is 0 Å². The predicted octanol–water partition coefficient (Wildman–Crippen LogP) is 4.07. The molecule has 2 aromatic heterocycles. The number of alkyl halides is 1. The first kappa shape index (κ1) is 13.4. The molecule has 0 spiro atoms. The van der Waals surface area contributed by atoms with Gasteiger partial charge in [-0.3, -0.25) is 4.98 Å². The molecule has 0 amide bonds. The van der Waals surface area contributed by atoms with Gasteiger partial charge in [0, 0.05) is 17.8 Å². The molecule has 0 unspecified atom stereocenters. The summed E-state index contributed by atoms with van der Waals surface area (Å²) < 4.78 is 2.15. The molecule has 0 aliphatic carbocycles. The Morgan fingerprint density at radius 2 is 1.90 bits per heavy atom. The Hall–Kier alpha value is -1.58. The molecule has 0 fully saturated rings. The van der Waals surface area contributed by atoms with Crippen LogP contribution in [0.3, 0.4) is 0 Å². The quantitative estimate of drug-likeness (QED) is 0.680. The Labute approximate surface area is 127 Å². The smallest absolute Gasteiger partial charge is 0.124 e. The molecule has 2 heterocycles. The minimum absolute atomic E-state index is 0.398. The number of imidazole rings is 1. The molecule has 102 valence electrons. The van der Waals surface area contributed by atoms with Crippen LogP contribution >= 0.6 is 23.2 Å². The van der Waals surface area contributed by atoms with E-state index >= 15 is 0 Å². The van der Waals surface area contributed by atoms with Crippen molar-refractivity contribution in [3.05, 3.63) is 59.1 Å². The third kappa shape index (κ3) is 2.65. The van der Waals surface area contributed by atoms with Gasteiger partial charge >= 0.3 is 0 Å². The highest BCUT2D eigenvalue weighted by atomic mass is 35.5. The molecule has 5 heteroatoms. The SMILES string of the molecule is ClCc1nc2cnccc2n1CCc1ccc(Cl)cc1. The van der Waals surface area contributed by atoms with Crippen molar-refractivity contribution in [1.29, 1.82) is 0 Å². The van der Waals surface area contributed by atoms with Gasteiger partial charge in [0.25, 0.3) is 0 Å². The number of hydrogen-bond acceptors (Lipinski definition) is 2. The van der Waals surface area contributed by atoms with Gasteiger partial charge in [0.1, 0.15) is 11.3 Å². The fraction of sp³-hybridized carbons (Fsp3) is 0.200. The van der Waals surface area contributed by atoms with E-state index in [0.717, 1.165) is 34.8 Å². The van der Waals surface area contributed by atoms with Crippen molar-refractivity contribution in [1.82, 2.24) is 14.5 Å². The standard InChI is InChI=1S/C15H13Cl2N3/c16-9-15-19-13-10-18-7-5-14(13)20(15)8-6-11-1-3-12(17)4-2-11/h1-5,7,10H,6,8-9H2. The highest BCUT2D eigenvalue weighted by molar-refractivity contribution is 6.30. The lowest BCUT2D eigenvalue weighted by molar-refractivity contribution is 0.688. The van der Waals surface area contributed by atoms with Gasteiger partial charge in [-0.2, -0.15) is 0 Å². The Kier molecular flexibility index (Phi) is 3.90. The average Bonchev–Trinajstić information content (AvgIpc) is 2.84. The molecular weight excluding hydrogens is 293 g/mol. The van der Waals surface area contributed by atoms with Gasteiger partial charge in [-0.25, -0.2) is 4.98 Å². The normalized spacial score (nSPS) is 11.1. The van der Waals surface area contributed by atoms with E-state index in [4.69, 9.17) is 23.2 Å². The summed E-state index contributed by atoms with van der Waals surface area (Å²) in [6.45, 7) is 0.837. The summed E-state index contributed by atoms with van der Waals surface area (Å²) in [5, 5.41) is 0.759. The van der Waals surface area contributed by atoms with E-state index < -0.39 is 0 Å². The lowest BCUT2D eigenvalue weighted by Gasteiger charge is -2.08. The van der Waals surface area contributed by atoms with E-state index in [-0.39, 0.29) is 0 Å². The largest absolute Gasteiger partial charge is 0.327 e. The van der Waals surface area contributed by atoms with Gasteiger partial charge in [-0.1, -0.05) is 23.7 Å². The average molecular weight is 306 g/mol. The van der Waals surface area contributed by atoms with E-state index in [1.165, 1.54) is 5.56 Å². The predicted molar refractivity (Wildman–Crippen MR) is 82.2 cm³/mol. The lowest BCUT2D eigenvalue weighted by Crippen LogP contribution is -2.05. The Bertz CT molecular complexity index is 720. The van der Waals surface area contributed by atoms with Crippen molar-refractivity contribution in [3.8, 4) is 0 Å². The zero-order valence-electron chi connectivity index (χ0n) is 10.8. The van der Waals surface area contributed by atoms with Crippen LogP contribution in [0.2, 0.25) is 5.02 Å². The molecule has 0 bridgehead atoms. The summed E-state index contributed by atoms with van der Waals surface area (Å²) in [7, 11) is 0. The zero-order chi connectivity index (χ0) is 13.9. The van der Waals surface area contributed by atoms with Gasteiger partial charge in [0.2, 0.25) is 0 Å². The molecule has 0 aliphatic heterocycles. The molecule has 0 aliphatic rings. The first-order valence-corrected chi connectivity index (χ1v) is 7.28. The summed E-state index contributed by atoms with van der Waals surface area (Å²) >= 11 is 11.9. The van der Waals surface area contributed by atoms with Gasteiger partial charge in [-0.05, 0) is 30.2 Å². The summed E-state index contributed by atoms with van der Waals surface area (Å²) in [5.74, 6) is 1.28.